The predicted octanol–water partition coefficient (Wildman–Crippen LogP) is 1.87. The zero-order valence-corrected chi connectivity index (χ0v) is 19.1. The van der Waals surface area contributed by atoms with Gasteiger partial charge in [0.2, 0.25) is 11.7 Å². The molecule has 12 heteroatoms. The van der Waals surface area contributed by atoms with Crippen molar-refractivity contribution in [2.75, 3.05) is 26.3 Å². The van der Waals surface area contributed by atoms with Gasteiger partial charge in [-0.3, -0.25) is 9.78 Å². The standard InChI is InChI=1S/C24H21N7O5/c32-13-17-11-20(29-36-17)22-27-26-21-18-3-1-2-4-19(18)23(28-31(21)22)35-14-16-6-5-15(12-25-16)24(33)30-7-9-34-10-8-30/h1-6,11-12,32H,7-10,13-14H2. The van der Waals surface area contributed by atoms with E-state index in [0.717, 1.165) is 10.8 Å². The first-order chi connectivity index (χ1) is 17.7. The Hall–Kier alpha value is -4.42. The largest absolute Gasteiger partial charge is 0.470 e. The number of amides is 1. The Bertz CT molecular complexity index is 1540. The van der Waals surface area contributed by atoms with Gasteiger partial charge in [-0.15, -0.1) is 15.3 Å². The van der Waals surface area contributed by atoms with Crippen molar-refractivity contribution in [3.8, 4) is 17.4 Å². The first kappa shape index (κ1) is 22.1. The van der Waals surface area contributed by atoms with Gasteiger partial charge in [0.25, 0.3) is 5.91 Å². The summed E-state index contributed by atoms with van der Waals surface area (Å²) < 4.78 is 18.0. The molecule has 1 amide bonds. The van der Waals surface area contributed by atoms with E-state index in [4.69, 9.17) is 14.0 Å². The van der Waals surface area contributed by atoms with Gasteiger partial charge in [-0.2, -0.15) is 4.52 Å². The minimum atomic E-state index is -0.279. The highest BCUT2D eigenvalue weighted by Gasteiger charge is 2.20. The molecule has 5 heterocycles. The lowest BCUT2D eigenvalue weighted by molar-refractivity contribution is 0.0302. The number of rotatable bonds is 6. The molecular formula is C24H21N7O5. The Morgan fingerprint density at radius 2 is 1.92 bits per heavy atom. The summed E-state index contributed by atoms with van der Waals surface area (Å²) in [6, 6.07) is 12.7. The minimum absolute atomic E-state index is 0.0614. The van der Waals surface area contributed by atoms with Crippen molar-refractivity contribution in [2.24, 2.45) is 0 Å². The lowest BCUT2D eigenvalue weighted by Crippen LogP contribution is -2.40. The first-order valence-corrected chi connectivity index (χ1v) is 11.4. The average Bonchev–Trinajstić information content (AvgIpc) is 3.59. The van der Waals surface area contributed by atoms with E-state index < -0.39 is 0 Å². The van der Waals surface area contributed by atoms with Crippen molar-refractivity contribution >= 4 is 22.3 Å². The second-order valence-electron chi connectivity index (χ2n) is 8.18. The number of nitrogens with zero attached hydrogens (tertiary/aromatic N) is 7. The molecule has 1 saturated heterocycles. The van der Waals surface area contributed by atoms with Crippen LogP contribution in [-0.4, -0.2) is 72.2 Å². The molecule has 0 saturated carbocycles. The quantitative estimate of drug-likeness (QED) is 0.377. The molecular weight excluding hydrogens is 466 g/mol. The number of benzene rings is 1. The van der Waals surface area contributed by atoms with Gasteiger partial charge in [0.15, 0.2) is 17.1 Å². The zero-order chi connectivity index (χ0) is 24.5. The molecule has 182 valence electrons. The topological polar surface area (TPSA) is 141 Å². The number of fused-ring (bicyclic) bond motifs is 3. The maximum atomic E-state index is 12.7. The molecule has 5 aromatic rings. The van der Waals surface area contributed by atoms with E-state index in [1.165, 1.54) is 4.52 Å². The Labute approximate surface area is 204 Å². The lowest BCUT2D eigenvalue weighted by Gasteiger charge is -2.26. The van der Waals surface area contributed by atoms with Crippen molar-refractivity contribution in [1.82, 2.24) is 34.9 Å². The van der Waals surface area contributed by atoms with Crippen LogP contribution in [0.1, 0.15) is 21.8 Å². The first-order valence-electron chi connectivity index (χ1n) is 11.4. The third-order valence-corrected chi connectivity index (χ3v) is 5.90. The molecule has 4 aromatic heterocycles. The van der Waals surface area contributed by atoms with Crippen LogP contribution in [0.25, 0.3) is 27.9 Å². The van der Waals surface area contributed by atoms with Crippen molar-refractivity contribution < 1.29 is 23.9 Å². The molecule has 6 rings (SSSR count). The maximum absolute atomic E-state index is 12.7. The normalized spacial score (nSPS) is 14.0. The van der Waals surface area contributed by atoms with Crippen LogP contribution in [0.4, 0.5) is 0 Å². The number of pyridine rings is 1. The lowest BCUT2D eigenvalue weighted by atomic mass is 10.2. The van der Waals surface area contributed by atoms with Gasteiger partial charge < -0.3 is 24.0 Å². The van der Waals surface area contributed by atoms with Gasteiger partial charge in [0.1, 0.15) is 13.2 Å². The van der Waals surface area contributed by atoms with E-state index in [1.807, 2.05) is 24.3 Å². The van der Waals surface area contributed by atoms with Gasteiger partial charge in [0, 0.05) is 36.1 Å². The minimum Gasteiger partial charge on any atom is -0.470 e. The summed E-state index contributed by atoms with van der Waals surface area (Å²) in [5.41, 5.74) is 2.09. The summed E-state index contributed by atoms with van der Waals surface area (Å²) in [7, 11) is 0. The summed E-state index contributed by atoms with van der Waals surface area (Å²) in [6.07, 6.45) is 1.56. The number of hydrogen-bond donors (Lipinski definition) is 1. The highest BCUT2D eigenvalue weighted by Crippen LogP contribution is 2.29. The molecule has 0 aliphatic carbocycles. The second-order valence-corrected chi connectivity index (χ2v) is 8.18. The number of hydrogen-bond acceptors (Lipinski definition) is 10. The van der Waals surface area contributed by atoms with Crippen molar-refractivity contribution in [3.05, 3.63) is 65.7 Å². The Kier molecular flexibility index (Phi) is 5.71. The molecule has 1 N–H and O–H groups in total. The van der Waals surface area contributed by atoms with E-state index in [1.54, 1.807) is 29.3 Å². The van der Waals surface area contributed by atoms with E-state index in [2.05, 4.69) is 25.4 Å². The van der Waals surface area contributed by atoms with E-state index in [0.29, 0.717) is 66.4 Å². The smallest absolute Gasteiger partial charge is 0.255 e. The van der Waals surface area contributed by atoms with Gasteiger partial charge in [-0.05, 0) is 18.2 Å². The molecule has 1 aliphatic rings. The summed E-state index contributed by atoms with van der Waals surface area (Å²) >= 11 is 0. The van der Waals surface area contributed by atoms with Gasteiger partial charge in [-0.25, -0.2) is 0 Å². The highest BCUT2D eigenvalue weighted by molar-refractivity contribution is 5.97. The highest BCUT2D eigenvalue weighted by atomic mass is 16.5. The van der Waals surface area contributed by atoms with Gasteiger partial charge in [-0.1, -0.05) is 23.4 Å². The average molecular weight is 487 g/mol. The van der Waals surface area contributed by atoms with Crippen molar-refractivity contribution in [3.63, 3.8) is 0 Å². The van der Waals surface area contributed by atoms with E-state index in [-0.39, 0.29) is 19.1 Å². The Morgan fingerprint density at radius 3 is 2.67 bits per heavy atom. The molecule has 0 unspecified atom stereocenters. The van der Waals surface area contributed by atoms with Crippen LogP contribution >= 0.6 is 0 Å². The number of carbonyl (C=O) groups is 1. The Morgan fingerprint density at radius 1 is 1.08 bits per heavy atom. The van der Waals surface area contributed by atoms with Crippen LogP contribution in [-0.2, 0) is 18.0 Å². The molecule has 0 radical (unpaired) electrons. The molecule has 1 fully saturated rings. The number of ether oxygens (including phenoxy) is 2. The fourth-order valence-electron chi connectivity index (χ4n) is 4.04. The molecule has 0 spiro atoms. The summed E-state index contributed by atoms with van der Waals surface area (Å²) in [6.45, 7) is 2.10. The fourth-order valence-corrected chi connectivity index (χ4v) is 4.04. The van der Waals surface area contributed by atoms with Crippen LogP contribution in [0.3, 0.4) is 0 Å². The molecule has 1 aliphatic heterocycles. The monoisotopic (exact) mass is 487 g/mol. The fraction of sp³-hybridized carbons (Fsp3) is 0.250. The second kappa shape index (κ2) is 9.32. The van der Waals surface area contributed by atoms with Crippen LogP contribution in [0.15, 0.2) is 53.2 Å². The molecule has 0 bridgehead atoms. The third-order valence-electron chi connectivity index (χ3n) is 5.90. The number of aliphatic hydroxyl groups excluding tert-OH is 1. The van der Waals surface area contributed by atoms with Gasteiger partial charge in [0.05, 0.1) is 24.5 Å². The van der Waals surface area contributed by atoms with E-state index >= 15 is 0 Å². The number of aliphatic hydroxyl groups is 1. The number of aromatic nitrogens is 6. The molecule has 1 aromatic carbocycles. The molecule has 0 atom stereocenters. The summed E-state index contributed by atoms with van der Waals surface area (Å²) in [5.74, 6) is 0.961. The van der Waals surface area contributed by atoms with Gasteiger partial charge >= 0.3 is 0 Å². The molecule has 12 nitrogen and oxygen atoms in total. The summed E-state index contributed by atoms with van der Waals surface area (Å²) in [5, 5.41) is 27.9. The van der Waals surface area contributed by atoms with Crippen LogP contribution in [0.2, 0.25) is 0 Å². The van der Waals surface area contributed by atoms with Crippen molar-refractivity contribution in [2.45, 2.75) is 13.2 Å². The maximum Gasteiger partial charge on any atom is 0.255 e. The van der Waals surface area contributed by atoms with E-state index in [9.17, 15) is 9.90 Å². The Balaban J connectivity index is 1.28. The number of carbonyl (C=O) groups excluding carboxylic acids is 1. The van der Waals surface area contributed by atoms with Crippen LogP contribution in [0, 0.1) is 0 Å². The zero-order valence-electron chi connectivity index (χ0n) is 19.1. The van der Waals surface area contributed by atoms with Crippen molar-refractivity contribution in [1.29, 1.82) is 0 Å². The van der Waals surface area contributed by atoms with Crippen LogP contribution in [0.5, 0.6) is 5.88 Å². The predicted molar refractivity (Wildman–Crippen MR) is 125 cm³/mol. The summed E-state index contributed by atoms with van der Waals surface area (Å²) in [4.78, 5) is 18.8. The molecule has 36 heavy (non-hydrogen) atoms. The third kappa shape index (κ3) is 4.01. The van der Waals surface area contributed by atoms with Crippen LogP contribution < -0.4 is 4.74 Å². The SMILES string of the molecule is O=C(c1ccc(COc2nn3c(-c4cc(CO)on4)nnc3c3ccccc23)nc1)N1CCOCC1. The number of morpholine rings is 1.